The minimum Gasteiger partial charge on any atom is -0.284 e. The van der Waals surface area contributed by atoms with Gasteiger partial charge in [-0.2, -0.15) is 0 Å². The molecule has 0 saturated carbocycles. The first kappa shape index (κ1) is 24.0. The SMILES string of the molecule is C=CCNS(=O)(=O)c1cnc2n1C(C)(Cc1ccc(Br)cc1)C(=O)N2c1cc(Cl)cc(Cl)c1. The highest BCUT2D eigenvalue weighted by atomic mass is 79.9. The number of fused-ring (bicyclic) bond motifs is 1. The van der Waals surface area contributed by atoms with Crippen LogP contribution in [-0.2, 0) is 26.8 Å². The molecular formula is C22H19BrCl2N4O3S. The molecule has 0 bridgehead atoms. The fourth-order valence-corrected chi connectivity index (χ4v) is 5.84. The molecule has 2 aromatic carbocycles. The minimum atomic E-state index is -3.98. The molecule has 1 unspecified atom stereocenters. The Hall–Kier alpha value is -2.17. The summed E-state index contributed by atoms with van der Waals surface area (Å²) < 4.78 is 30.9. The molecule has 1 aliphatic rings. The number of carbonyl (C=O) groups excluding carboxylic acids is 1. The number of hydrogen-bond acceptors (Lipinski definition) is 4. The topological polar surface area (TPSA) is 84.3 Å². The van der Waals surface area contributed by atoms with E-state index in [1.807, 2.05) is 24.3 Å². The average molecular weight is 570 g/mol. The Morgan fingerprint density at radius 1 is 1.18 bits per heavy atom. The van der Waals surface area contributed by atoms with Crippen LogP contribution in [0.5, 0.6) is 0 Å². The third-order valence-corrected chi connectivity index (χ3v) is 7.68. The van der Waals surface area contributed by atoms with Gasteiger partial charge in [-0.1, -0.05) is 57.3 Å². The molecule has 1 amide bonds. The zero-order valence-corrected chi connectivity index (χ0v) is 21.3. The Labute approximate surface area is 210 Å². The van der Waals surface area contributed by atoms with Crippen molar-refractivity contribution >= 4 is 66.7 Å². The second kappa shape index (κ2) is 8.88. The zero-order valence-electron chi connectivity index (χ0n) is 17.4. The second-order valence-corrected chi connectivity index (χ2v) is 11.2. The van der Waals surface area contributed by atoms with Crippen molar-refractivity contribution in [3.8, 4) is 0 Å². The first-order valence-electron chi connectivity index (χ1n) is 9.81. The van der Waals surface area contributed by atoms with Gasteiger partial charge in [-0.05, 0) is 42.8 Å². The lowest BCUT2D eigenvalue weighted by Crippen LogP contribution is -2.42. The normalized spacial score (nSPS) is 17.9. The van der Waals surface area contributed by atoms with Gasteiger partial charge >= 0.3 is 0 Å². The monoisotopic (exact) mass is 568 g/mol. The van der Waals surface area contributed by atoms with Gasteiger partial charge in [0.25, 0.3) is 15.9 Å². The molecule has 1 N–H and O–H groups in total. The van der Waals surface area contributed by atoms with Crippen LogP contribution >= 0.6 is 39.1 Å². The molecule has 0 saturated heterocycles. The molecular weight excluding hydrogens is 551 g/mol. The number of aromatic nitrogens is 2. The van der Waals surface area contributed by atoms with E-state index in [0.29, 0.717) is 15.7 Å². The molecule has 1 atom stereocenters. The zero-order chi connectivity index (χ0) is 24.0. The summed E-state index contributed by atoms with van der Waals surface area (Å²) in [6, 6.07) is 12.2. The van der Waals surface area contributed by atoms with Crippen LogP contribution in [0.4, 0.5) is 11.6 Å². The molecule has 3 aromatic rings. The number of anilines is 2. The van der Waals surface area contributed by atoms with E-state index in [9.17, 15) is 13.2 Å². The molecule has 1 aromatic heterocycles. The van der Waals surface area contributed by atoms with Crippen molar-refractivity contribution in [1.82, 2.24) is 14.3 Å². The van der Waals surface area contributed by atoms with E-state index in [4.69, 9.17) is 23.2 Å². The van der Waals surface area contributed by atoms with Crippen molar-refractivity contribution < 1.29 is 13.2 Å². The van der Waals surface area contributed by atoms with Crippen LogP contribution in [0.2, 0.25) is 10.0 Å². The minimum absolute atomic E-state index is 0.0356. The summed E-state index contributed by atoms with van der Waals surface area (Å²) in [7, 11) is -3.98. The molecule has 0 radical (unpaired) electrons. The average Bonchev–Trinajstić information content (AvgIpc) is 3.27. The van der Waals surface area contributed by atoms with Crippen molar-refractivity contribution in [1.29, 1.82) is 0 Å². The lowest BCUT2D eigenvalue weighted by atomic mass is 9.92. The number of imidazole rings is 1. The number of nitrogens with one attached hydrogen (secondary N) is 1. The highest BCUT2D eigenvalue weighted by Gasteiger charge is 2.51. The predicted molar refractivity (Wildman–Crippen MR) is 133 cm³/mol. The van der Waals surface area contributed by atoms with Crippen molar-refractivity contribution in [2.75, 3.05) is 11.4 Å². The Morgan fingerprint density at radius 3 is 2.42 bits per heavy atom. The van der Waals surface area contributed by atoms with E-state index in [-0.39, 0.29) is 29.8 Å². The number of halogens is 3. The Morgan fingerprint density at radius 2 is 1.82 bits per heavy atom. The van der Waals surface area contributed by atoms with E-state index in [0.717, 1.165) is 10.0 Å². The summed E-state index contributed by atoms with van der Waals surface area (Å²) in [5.74, 6) is -0.191. The summed E-state index contributed by atoms with van der Waals surface area (Å²) in [5.41, 5.74) is -0.0406. The van der Waals surface area contributed by atoms with Gasteiger partial charge in [0.05, 0.1) is 11.9 Å². The van der Waals surface area contributed by atoms with Gasteiger partial charge in [-0.15, -0.1) is 6.58 Å². The second-order valence-electron chi connectivity index (χ2n) is 7.72. The standard InChI is InChI=1S/C22H19BrCl2N4O3S/c1-3-8-27-33(31,32)19-13-26-21-28(18-10-16(24)9-17(25)11-18)20(30)22(2,29(19)21)12-14-4-6-15(23)7-5-14/h3-7,9-11,13,27H,1,8,12H2,2H3. The molecule has 33 heavy (non-hydrogen) atoms. The first-order chi connectivity index (χ1) is 15.6. The van der Waals surface area contributed by atoms with Gasteiger partial charge in [-0.25, -0.2) is 23.0 Å². The molecule has 1 aliphatic heterocycles. The van der Waals surface area contributed by atoms with Gasteiger partial charge in [0.2, 0.25) is 5.95 Å². The number of hydrogen-bond donors (Lipinski definition) is 1. The predicted octanol–water partition coefficient (Wildman–Crippen LogP) is 5.05. The molecule has 0 fully saturated rings. The number of nitrogens with zero attached hydrogens (tertiary/aromatic N) is 3. The maximum atomic E-state index is 13.9. The molecule has 11 heteroatoms. The van der Waals surface area contributed by atoms with Crippen LogP contribution in [-0.4, -0.2) is 30.4 Å². The van der Waals surface area contributed by atoms with E-state index in [1.54, 1.807) is 25.1 Å². The first-order valence-corrected chi connectivity index (χ1v) is 12.8. The largest absolute Gasteiger partial charge is 0.284 e. The quantitative estimate of drug-likeness (QED) is 0.403. The van der Waals surface area contributed by atoms with Gasteiger partial charge in [0.15, 0.2) is 5.03 Å². The van der Waals surface area contributed by atoms with Gasteiger partial charge in [0, 0.05) is 27.5 Å². The lowest BCUT2D eigenvalue weighted by molar-refractivity contribution is -0.124. The maximum Gasteiger partial charge on any atom is 0.260 e. The smallest absolute Gasteiger partial charge is 0.260 e. The maximum absolute atomic E-state index is 13.9. The van der Waals surface area contributed by atoms with Crippen molar-refractivity contribution in [2.24, 2.45) is 0 Å². The molecule has 4 rings (SSSR count). The van der Waals surface area contributed by atoms with Crippen molar-refractivity contribution in [3.63, 3.8) is 0 Å². The highest BCUT2D eigenvalue weighted by molar-refractivity contribution is 9.10. The summed E-state index contributed by atoms with van der Waals surface area (Å²) >= 11 is 15.8. The summed E-state index contributed by atoms with van der Waals surface area (Å²) in [6.45, 7) is 5.28. The van der Waals surface area contributed by atoms with Crippen LogP contribution in [0.15, 0.2) is 70.8 Å². The number of sulfonamides is 1. The van der Waals surface area contributed by atoms with Crippen LogP contribution in [0.1, 0.15) is 12.5 Å². The Kier molecular flexibility index (Phi) is 6.45. The van der Waals surface area contributed by atoms with Gasteiger partial charge < -0.3 is 0 Å². The molecule has 2 heterocycles. The number of benzene rings is 2. The fraction of sp³-hybridized carbons (Fsp3) is 0.182. The third-order valence-electron chi connectivity index (χ3n) is 5.33. The molecule has 7 nitrogen and oxygen atoms in total. The number of carbonyl (C=O) groups is 1. The van der Waals surface area contributed by atoms with E-state index < -0.39 is 15.6 Å². The molecule has 0 aliphatic carbocycles. The van der Waals surface area contributed by atoms with E-state index >= 15 is 0 Å². The van der Waals surface area contributed by atoms with Crippen LogP contribution in [0.25, 0.3) is 0 Å². The van der Waals surface area contributed by atoms with Crippen molar-refractivity contribution in [3.05, 3.63) is 81.4 Å². The van der Waals surface area contributed by atoms with Gasteiger partial charge in [-0.3, -0.25) is 9.36 Å². The summed E-state index contributed by atoms with van der Waals surface area (Å²) in [5, 5.41) is 0.554. The Bertz CT molecular complexity index is 1340. The fourth-order valence-electron chi connectivity index (χ4n) is 3.86. The number of amides is 1. The van der Waals surface area contributed by atoms with Crippen molar-refractivity contribution in [2.45, 2.75) is 23.9 Å². The summed E-state index contributed by atoms with van der Waals surface area (Å²) in [6.07, 6.45) is 2.91. The van der Waals surface area contributed by atoms with Crippen LogP contribution in [0.3, 0.4) is 0 Å². The van der Waals surface area contributed by atoms with Gasteiger partial charge in [0.1, 0.15) is 5.54 Å². The third kappa shape index (κ3) is 4.36. The van der Waals surface area contributed by atoms with Crippen LogP contribution < -0.4 is 9.62 Å². The Balaban J connectivity index is 1.91. The lowest BCUT2D eigenvalue weighted by Gasteiger charge is -2.26. The molecule has 172 valence electrons. The van der Waals surface area contributed by atoms with Crippen LogP contribution in [0, 0.1) is 0 Å². The number of rotatable bonds is 7. The summed E-state index contributed by atoms with van der Waals surface area (Å²) in [4.78, 5) is 19.5. The highest BCUT2D eigenvalue weighted by Crippen LogP contribution is 2.44. The molecule has 0 spiro atoms. The van der Waals surface area contributed by atoms with E-state index in [2.05, 4.69) is 32.2 Å². The van der Waals surface area contributed by atoms with E-state index in [1.165, 1.54) is 21.7 Å².